The topological polar surface area (TPSA) is 68.9 Å². The first-order valence-corrected chi connectivity index (χ1v) is 5.75. The molecule has 1 aromatic carbocycles. The first kappa shape index (κ1) is 11.8. The standard InChI is InChI=1S/C10H6ClN3O2S/c11-10-12-6-5-9(13-10)17-8-3-1-7(2-4-8)14(15)16/h1-6H. The minimum Gasteiger partial charge on any atom is -0.258 e. The van der Waals surface area contributed by atoms with Gasteiger partial charge in [-0.25, -0.2) is 9.97 Å². The van der Waals surface area contributed by atoms with Crippen molar-refractivity contribution in [3.63, 3.8) is 0 Å². The molecule has 1 aromatic heterocycles. The molecule has 0 aliphatic carbocycles. The van der Waals surface area contributed by atoms with Gasteiger partial charge in [0.15, 0.2) is 0 Å². The Morgan fingerprint density at radius 2 is 1.94 bits per heavy atom. The lowest BCUT2D eigenvalue weighted by atomic mass is 10.3. The maximum absolute atomic E-state index is 10.5. The molecule has 7 heteroatoms. The lowest BCUT2D eigenvalue weighted by Gasteiger charge is -2.00. The van der Waals surface area contributed by atoms with E-state index in [1.165, 1.54) is 23.9 Å². The number of aromatic nitrogens is 2. The highest BCUT2D eigenvalue weighted by molar-refractivity contribution is 7.99. The van der Waals surface area contributed by atoms with Crippen LogP contribution < -0.4 is 0 Å². The Hall–Kier alpha value is -1.66. The van der Waals surface area contributed by atoms with E-state index in [4.69, 9.17) is 11.6 Å². The monoisotopic (exact) mass is 267 g/mol. The molecule has 0 amide bonds. The van der Waals surface area contributed by atoms with Crippen LogP contribution in [0, 0.1) is 10.1 Å². The molecule has 0 aliphatic rings. The average molecular weight is 268 g/mol. The van der Waals surface area contributed by atoms with Gasteiger partial charge in [0.25, 0.3) is 5.69 Å². The summed E-state index contributed by atoms with van der Waals surface area (Å²) in [6, 6.07) is 7.95. The van der Waals surface area contributed by atoms with Gasteiger partial charge in [-0.05, 0) is 29.8 Å². The third kappa shape index (κ3) is 3.15. The minimum atomic E-state index is -0.435. The number of nitro benzene ring substituents is 1. The molecule has 17 heavy (non-hydrogen) atoms. The second-order valence-electron chi connectivity index (χ2n) is 3.02. The highest BCUT2D eigenvalue weighted by Crippen LogP contribution is 2.27. The first-order valence-electron chi connectivity index (χ1n) is 4.56. The minimum absolute atomic E-state index is 0.0649. The summed E-state index contributed by atoms with van der Waals surface area (Å²) in [5.74, 6) is 0. The molecular formula is C10H6ClN3O2S. The van der Waals surface area contributed by atoms with Gasteiger partial charge in [0.1, 0.15) is 5.03 Å². The molecule has 0 saturated heterocycles. The molecule has 86 valence electrons. The summed E-state index contributed by atoms with van der Waals surface area (Å²) in [5.41, 5.74) is 0.0649. The van der Waals surface area contributed by atoms with Crippen LogP contribution in [0.25, 0.3) is 0 Å². The Kier molecular flexibility index (Phi) is 3.55. The summed E-state index contributed by atoms with van der Waals surface area (Å²) < 4.78 is 0. The number of rotatable bonds is 3. The van der Waals surface area contributed by atoms with Crippen molar-refractivity contribution in [1.82, 2.24) is 9.97 Å². The van der Waals surface area contributed by atoms with Crippen LogP contribution >= 0.6 is 23.4 Å². The molecule has 0 unspecified atom stereocenters. The van der Waals surface area contributed by atoms with Crippen LogP contribution in [0.2, 0.25) is 5.28 Å². The van der Waals surface area contributed by atoms with Crippen molar-refractivity contribution in [2.75, 3.05) is 0 Å². The van der Waals surface area contributed by atoms with E-state index in [1.807, 2.05) is 0 Å². The van der Waals surface area contributed by atoms with Gasteiger partial charge in [-0.1, -0.05) is 11.8 Å². The van der Waals surface area contributed by atoms with Crippen LogP contribution in [0.3, 0.4) is 0 Å². The maximum atomic E-state index is 10.5. The molecule has 0 spiro atoms. The summed E-state index contributed by atoms with van der Waals surface area (Å²) in [7, 11) is 0. The molecular weight excluding hydrogens is 262 g/mol. The fraction of sp³-hybridized carbons (Fsp3) is 0. The summed E-state index contributed by atoms with van der Waals surface area (Å²) >= 11 is 7.02. The molecule has 0 saturated carbocycles. The maximum Gasteiger partial charge on any atom is 0.269 e. The first-order chi connectivity index (χ1) is 8.15. The van der Waals surface area contributed by atoms with Crippen molar-refractivity contribution in [3.05, 3.63) is 51.9 Å². The van der Waals surface area contributed by atoms with Gasteiger partial charge in [0.2, 0.25) is 5.28 Å². The van der Waals surface area contributed by atoms with E-state index in [0.29, 0.717) is 5.03 Å². The third-order valence-corrected chi connectivity index (χ3v) is 3.00. The number of hydrogen-bond acceptors (Lipinski definition) is 5. The molecule has 0 N–H and O–H groups in total. The molecule has 0 aliphatic heterocycles. The van der Waals surface area contributed by atoms with Crippen LogP contribution in [-0.2, 0) is 0 Å². The molecule has 1 heterocycles. The fourth-order valence-electron chi connectivity index (χ4n) is 1.13. The van der Waals surface area contributed by atoms with Gasteiger partial charge >= 0.3 is 0 Å². The Balaban J connectivity index is 2.16. The van der Waals surface area contributed by atoms with E-state index >= 15 is 0 Å². The van der Waals surface area contributed by atoms with Crippen LogP contribution in [0.5, 0.6) is 0 Å². The number of benzene rings is 1. The van der Waals surface area contributed by atoms with Crippen LogP contribution in [-0.4, -0.2) is 14.9 Å². The van der Waals surface area contributed by atoms with Crippen LogP contribution in [0.4, 0.5) is 5.69 Å². The average Bonchev–Trinajstić information content (AvgIpc) is 2.29. The van der Waals surface area contributed by atoms with Crippen molar-refractivity contribution in [1.29, 1.82) is 0 Å². The fourth-order valence-corrected chi connectivity index (χ4v) is 2.11. The van der Waals surface area contributed by atoms with Crippen molar-refractivity contribution in [2.45, 2.75) is 9.92 Å². The predicted molar refractivity (Wildman–Crippen MR) is 64.3 cm³/mol. The van der Waals surface area contributed by atoms with E-state index in [2.05, 4.69) is 9.97 Å². The summed E-state index contributed by atoms with van der Waals surface area (Å²) in [5, 5.41) is 11.3. The highest BCUT2D eigenvalue weighted by Gasteiger charge is 2.05. The zero-order valence-electron chi connectivity index (χ0n) is 8.41. The molecule has 0 bridgehead atoms. The smallest absolute Gasteiger partial charge is 0.258 e. The summed E-state index contributed by atoms with van der Waals surface area (Å²) in [4.78, 5) is 18.7. The van der Waals surface area contributed by atoms with E-state index in [9.17, 15) is 10.1 Å². The van der Waals surface area contributed by atoms with E-state index in [-0.39, 0.29) is 11.0 Å². The number of hydrogen-bond donors (Lipinski definition) is 0. The van der Waals surface area contributed by atoms with Crippen molar-refractivity contribution < 1.29 is 4.92 Å². The van der Waals surface area contributed by atoms with Crippen molar-refractivity contribution in [3.8, 4) is 0 Å². The molecule has 2 rings (SSSR count). The van der Waals surface area contributed by atoms with E-state index in [1.54, 1.807) is 24.4 Å². The second kappa shape index (κ2) is 5.11. The van der Waals surface area contributed by atoms with E-state index in [0.717, 1.165) is 4.90 Å². The Morgan fingerprint density at radius 3 is 2.53 bits per heavy atom. The van der Waals surface area contributed by atoms with Gasteiger partial charge < -0.3 is 0 Å². The predicted octanol–water partition coefficient (Wildman–Crippen LogP) is 3.19. The molecule has 0 radical (unpaired) electrons. The molecule has 2 aromatic rings. The number of nitrogens with zero attached hydrogens (tertiary/aromatic N) is 3. The highest BCUT2D eigenvalue weighted by atomic mass is 35.5. The molecule has 5 nitrogen and oxygen atoms in total. The third-order valence-electron chi connectivity index (χ3n) is 1.87. The lowest BCUT2D eigenvalue weighted by Crippen LogP contribution is -1.87. The van der Waals surface area contributed by atoms with Gasteiger partial charge in [0, 0.05) is 23.2 Å². The van der Waals surface area contributed by atoms with Crippen molar-refractivity contribution >= 4 is 29.1 Å². The Morgan fingerprint density at radius 1 is 1.24 bits per heavy atom. The summed E-state index contributed by atoms with van der Waals surface area (Å²) in [6.07, 6.45) is 1.56. The zero-order chi connectivity index (χ0) is 12.3. The lowest BCUT2D eigenvalue weighted by molar-refractivity contribution is -0.384. The number of nitro groups is 1. The van der Waals surface area contributed by atoms with Gasteiger partial charge in [-0.2, -0.15) is 0 Å². The van der Waals surface area contributed by atoms with Crippen LogP contribution in [0.1, 0.15) is 0 Å². The largest absolute Gasteiger partial charge is 0.269 e. The number of non-ortho nitro benzene ring substituents is 1. The quantitative estimate of drug-likeness (QED) is 0.370. The Bertz CT molecular complexity index is 548. The molecule has 0 fully saturated rings. The van der Waals surface area contributed by atoms with E-state index < -0.39 is 4.92 Å². The van der Waals surface area contributed by atoms with Crippen LogP contribution in [0.15, 0.2) is 46.5 Å². The van der Waals surface area contributed by atoms with Gasteiger partial charge in [0.05, 0.1) is 4.92 Å². The normalized spacial score (nSPS) is 10.2. The van der Waals surface area contributed by atoms with Crippen molar-refractivity contribution in [2.24, 2.45) is 0 Å². The number of halogens is 1. The van der Waals surface area contributed by atoms with Gasteiger partial charge in [-0.3, -0.25) is 10.1 Å². The zero-order valence-corrected chi connectivity index (χ0v) is 9.98. The SMILES string of the molecule is O=[N+]([O-])c1ccc(Sc2ccnc(Cl)n2)cc1. The van der Waals surface area contributed by atoms with Gasteiger partial charge in [-0.15, -0.1) is 0 Å². The molecule has 0 atom stereocenters. The summed E-state index contributed by atoms with van der Waals surface area (Å²) in [6.45, 7) is 0. The Labute approximate surface area is 106 Å². The second-order valence-corrected chi connectivity index (χ2v) is 4.45.